The first-order valence-electron chi connectivity index (χ1n) is 9.14. The summed E-state index contributed by atoms with van der Waals surface area (Å²) in [4.78, 5) is 13.7. The molecule has 9 heteroatoms. The summed E-state index contributed by atoms with van der Waals surface area (Å²) < 4.78 is 39.7. The van der Waals surface area contributed by atoms with E-state index in [-0.39, 0.29) is 5.92 Å². The number of halogens is 3. The standard InChI is InChI=1S/C17H23F3N6/c1-24-6-3-7-25(9-8-24)15-13-10-21-26(11-17(18,19)20)16(13)23-14(22-15)12-4-2-5-12/h10,12H,2-9,11H2,1H3. The van der Waals surface area contributed by atoms with Crippen molar-refractivity contribution in [3.63, 3.8) is 0 Å². The highest BCUT2D eigenvalue weighted by Crippen LogP contribution is 2.37. The minimum atomic E-state index is -4.33. The van der Waals surface area contributed by atoms with Crippen molar-refractivity contribution >= 4 is 16.9 Å². The lowest BCUT2D eigenvalue weighted by atomic mass is 9.85. The van der Waals surface area contributed by atoms with Crippen LogP contribution in [0, 0.1) is 0 Å². The van der Waals surface area contributed by atoms with Gasteiger partial charge in [-0.1, -0.05) is 6.42 Å². The van der Waals surface area contributed by atoms with Gasteiger partial charge in [-0.15, -0.1) is 0 Å². The van der Waals surface area contributed by atoms with Gasteiger partial charge in [-0.05, 0) is 32.9 Å². The predicted molar refractivity (Wildman–Crippen MR) is 92.3 cm³/mol. The number of hydrogen-bond acceptors (Lipinski definition) is 5. The van der Waals surface area contributed by atoms with Crippen LogP contribution >= 0.6 is 0 Å². The highest BCUT2D eigenvalue weighted by atomic mass is 19.4. The van der Waals surface area contributed by atoms with Crippen LogP contribution in [0.5, 0.6) is 0 Å². The fourth-order valence-electron chi connectivity index (χ4n) is 3.59. The molecular formula is C17H23F3N6. The molecule has 2 fully saturated rings. The summed E-state index contributed by atoms with van der Waals surface area (Å²) in [5, 5.41) is 4.59. The average Bonchev–Trinajstić information content (AvgIpc) is 2.76. The van der Waals surface area contributed by atoms with Gasteiger partial charge in [0.2, 0.25) is 0 Å². The lowest BCUT2D eigenvalue weighted by Crippen LogP contribution is -2.30. The Hall–Kier alpha value is -1.90. The molecule has 3 heterocycles. The van der Waals surface area contributed by atoms with Gasteiger partial charge >= 0.3 is 6.18 Å². The Morgan fingerprint density at radius 3 is 2.58 bits per heavy atom. The van der Waals surface area contributed by atoms with Crippen LogP contribution < -0.4 is 4.90 Å². The van der Waals surface area contributed by atoms with Crippen LogP contribution in [0.2, 0.25) is 0 Å². The first-order valence-corrected chi connectivity index (χ1v) is 9.14. The van der Waals surface area contributed by atoms with E-state index in [1.54, 1.807) is 0 Å². The van der Waals surface area contributed by atoms with Crippen molar-refractivity contribution in [2.75, 3.05) is 38.1 Å². The van der Waals surface area contributed by atoms with Gasteiger partial charge in [-0.3, -0.25) is 0 Å². The molecule has 2 aromatic rings. The maximum atomic E-state index is 12.9. The number of rotatable bonds is 3. The third-order valence-electron chi connectivity index (χ3n) is 5.31. The zero-order valence-electron chi connectivity index (χ0n) is 14.8. The second-order valence-electron chi connectivity index (χ2n) is 7.33. The Kier molecular flexibility index (Phi) is 4.50. The van der Waals surface area contributed by atoms with Crippen LogP contribution in [-0.2, 0) is 6.54 Å². The molecule has 0 spiro atoms. The van der Waals surface area contributed by atoms with Gasteiger partial charge in [0.05, 0.1) is 11.6 Å². The van der Waals surface area contributed by atoms with Crippen LogP contribution in [0.25, 0.3) is 11.0 Å². The maximum absolute atomic E-state index is 12.9. The third kappa shape index (κ3) is 3.49. The summed E-state index contributed by atoms with van der Waals surface area (Å²) in [6.07, 6.45) is 1.28. The number of likely N-dealkylation sites (N-methyl/N-ethyl adjacent to an activating group) is 1. The smallest absolute Gasteiger partial charge is 0.355 e. The fourth-order valence-corrected chi connectivity index (χ4v) is 3.59. The van der Waals surface area contributed by atoms with E-state index >= 15 is 0 Å². The molecule has 26 heavy (non-hydrogen) atoms. The molecule has 0 bridgehead atoms. The molecule has 2 aliphatic rings. The van der Waals surface area contributed by atoms with Crippen molar-refractivity contribution in [3.05, 3.63) is 12.0 Å². The first-order chi connectivity index (χ1) is 12.4. The van der Waals surface area contributed by atoms with Gasteiger partial charge in [0.15, 0.2) is 5.65 Å². The quantitative estimate of drug-likeness (QED) is 0.834. The second-order valence-corrected chi connectivity index (χ2v) is 7.33. The first kappa shape index (κ1) is 17.5. The molecule has 0 radical (unpaired) electrons. The lowest BCUT2D eigenvalue weighted by molar-refractivity contribution is -0.141. The van der Waals surface area contributed by atoms with Crippen molar-refractivity contribution in [1.82, 2.24) is 24.6 Å². The highest BCUT2D eigenvalue weighted by Gasteiger charge is 2.31. The zero-order valence-corrected chi connectivity index (χ0v) is 14.8. The molecule has 4 rings (SSSR count). The van der Waals surface area contributed by atoms with Crippen LogP contribution in [0.3, 0.4) is 0 Å². The van der Waals surface area contributed by atoms with Crippen molar-refractivity contribution < 1.29 is 13.2 Å². The molecule has 1 aliphatic carbocycles. The molecule has 0 aromatic carbocycles. The van der Waals surface area contributed by atoms with Crippen LogP contribution in [-0.4, -0.2) is 64.1 Å². The number of nitrogens with zero attached hydrogens (tertiary/aromatic N) is 6. The van der Waals surface area contributed by atoms with Crippen LogP contribution in [0.1, 0.15) is 37.4 Å². The Labute approximate surface area is 150 Å². The molecule has 0 atom stereocenters. The van der Waals surface area contributed by atoms with Crippen molar-refractivity contribution in [3.8, 4) is 0 Å². The summed E-state index contributed by atoms with van der Waals surface area (Å²) in [7, 11) is 2.08. The summed E-state index contributed by atoms with van der Waals surface area (Å²) in [6, 6.07) is 0. The van der Waals surface area contributed by atoms with E-state index in [1.165, 1.54) is 6.20 Å². The van der Waals surface area contributed by atoms with E-state index in [0.29, 0.717) is 16.9 Å². The van der Waals surface area contributed by atoms with Gasteiger partial charge in [-0.25, -0.2) is 14.6 Å². The van der Waals surface area contributed by atoms with Gasteiger partial charge in [-0.2, -0.15) is 18.3 Å². The SMILES string of the molecule is CN1CCCN(c2nc(C3CCC3)nc3c2cnn3CC(F)(F)F)CC1. The normalized spacial score (nSPS) is 20.4. The van der Waals surface area contributed by atoms with E-state index < -0.39 is 12.7 Å². The maximum Gasteiger partial charge on any atom is 0.408 e. The Bertz CT molecular complexity index is 783. The molecule has 0 N–H and O–H groups in total. The third-order valence-corrected chi connectivity index (χ3v) is 5.31. The molecule has 1 aliphatic heterocycles. The minimum Gasteiger partial charge on any atom is -0.355 e. The van der Waals surface area contributed by atoms with Gasteiger partial charge in [0, 0.05) is 25.6 Å². The highest BCUT2D eigenvalue weighted by molar-refractivity contribution is 5.87. The second kappa shape index (κ2) is 6.68. The van der Waals surface area contributed by atoms with Crippen molar-refractivity contribution in [2.24, 2.45) is 0 Å². The topological polar surface area (TPSA) is 50.1 Å². The van der Waals surface area contributed by atoms with Crippen LogP contribution in [0.4, 0.5) is 19.0 Å². The number of hydrogen-bond donors (Lipinski definition) is 0. The molecule has 0 amide bonds. The summed E-state index contributed by atoms with van der Waals surface area (Å²) >= 11 is 0. The molecule has 142 valence electrons. The zero-order chi connectivity index (χ0) is 18.3. The van der Waals surface area contributed by atoms with E-state index in [0.717, 1.165) is 62.4 Å². The van der Waals surface area contributed by atoms with E-state index in [2.05, 4.69) is 26.9 Å². The largest absolute Gasteiger partial charge is 0.408 e. The Balaban J connectivity index is 1.77. The van der Waals surface area contributed by atoms with E-state index in [4.69, 9.17) is 4.98 Å². The van der Waals surface area contributed by atoms with Crippen molar-refractivity contribution in [1.29, 1.82) is 0 Å². The van der Waals surface area contributed by atoms with Gasteiger partial charge in [0.25, 0.3) is 0 Å². The fraction of sp³-hybridized carbons (Fsp3) is 0.706. The van der Waals surface area contributed by atoms with Gasteiger partial charge in [0.1, 0.15) is 18.2 Å². The van der Waals surface area contributed by atoms with E-state index in [1.807, 2.05) is 0 Å². The Morgan fingerprint density at radius 2 is 1.88 bits per heavy atom. The van der Waals surface area contributed by atoms with Gasteiger partial charge < -0.3 is 9.80 Å². The molecule has 0 unspecified atom stereocenters. The number of alkyl halides is 3. The predicted octanol–water partition coefficient (Wildman–Crippen LogP) is 2.80. The minimum absolute atomic E-state index is 0.252. The molecular weight excluding hydrogens is 345 g/mol. The number of aromatic nitrogens is 4. The Morgan fingerprint density at radius 1 is 1.08 bits per heavy atom. The monoisotopic (exact) mass is 368 g/mol. The molecule has 1 saturated heterocycles. The summed E-state index contributed by atoms with van der Waals surface area (Å²) in [5.41, 5.74) is 0.298. The summed E-state index contributed by atoms with van der Waals surface area (Å²) in [6.45, 7) is 2.43. The van der Waals surface area contributed by atoms with E-state index in [9.17, 15) is 13.2 Å². The van der Waals surface area contributed by atoms with Crippen LogP contribution in [0.15, 0.2) is 6.20 Å². The number of fused-ring (bicyclic) bond motifs is 1. The summed E-state index contributed by atoms with van der Waals surface area (Å²) in [5.74, 6) is 1.66. The molecule has 1 saturated carbocycles. The molecule has 6 nitrogen and oxygen atoms in total. The van der Waals surface area contributed by atoms with Crippen molar-refractivity contribution in [2.45, 2.75) is 44.3 Å². The number of anilines is 1. The average molecular weight is 368 g/mol. The molecule has 2 aromatic heterocycles. The lowest BCUT2D eigenvalue weighted by Gasteiger charge is -2.27.